The van der Waals surface area contributed by atoms with E-state index in [1.165, 1.54) is 0 Å². The number of amides is 2. The number of carbonyl (C=O) groups is 1. The highest BCUT2D eigenvalue weighted by molar-refractivity contribution is 5.75. The predicted molar refractivity (Wildman–Crippen MR) is 91.5 cm³/mol. The van der Waals surface area contributed by atoms with Crippen molar-refractivity contribution in [3.63, 3.8) is 0 Å². The summed E-state index contributed by atoms with van der Waals surface area (Å²) in [4.78, 5) is 14.5. The molecule has 0 saturated heterocycles. The van der Waals surface area contributed by atoms with Crippen molar-refractivity contribution in [1.82, 2.24) is 10.2 Å². The fourth-order valence-electron chi connectivity index (χ4n) is 2.93. The Morgan fingerprint density at radius 3 is 2.76 bits per heavy atom. The minimum absolute atomic E-state index is 0.0940. The molecule has 2 N–H and O–H groups in total. The van der Waals surface area contributed by atoms with Crippen LogP contribution in [0.1, 0.15) is 24.0 Å². The van der Waals surface area contributed by atoms with Gasteiger partial charge in [0.25, 0.3) is 0 Å². The molecule has 1 saturated carbocycles. The van der Waals surface area contributed by atoms with Crippen LogP contribution in [0, 0.1) is 0 Å². The van der Waals surface area contributed by atoms with Gasteiger partial charge in [-0.1, -0.05) is 18.2 Å². The number of nitrogens with one attached hydrogen (secondary N) is 1. The summed E-state index contributed by atoms with van der Waals surface area (Å²) in [7, 11) is 0. The van der Waals surface area contributed by atoms with Crippen molar-refractivity contribution >= 4 is 6.03 Å². The van der Waals surface area contributed by atoms with Gasteiger partial charge in [-0.25, -0.2) is 4.79 Å². The van der Waals surface area contributed by atoms with E-state index in [1.807, 2.05) is 29.2 Å². The molecule has 130 valence electrons. The van der Waals surface area contributed by atoms with Gasteiger partial charge in [0, 0.05) is 19.1 Å². The molecule has 25 heavy (non-hydrogen) atoms. The van der Waals surface area contributed by atoms with Gasteiger partial charge >= 0.3 is 6.03 Å². The number of hydrogen-bond donors (Lipinski definition) is 2. The van der Waals surface area contributed by atoms with Gasteiger partial charge < -0.3 is 24.8 Å². The molecular weight excluding hydrogens is 320 g/mol. The smallest absolute Gasteiger partial charge is 0.318 e. The van der Waals surface area contributed by atoms with E-state index in [4.69, 9.17) is 9.47 Å². The van der Waals surface area contributed by atoms with Crippen LogP contribution in [0.15, 0.2) is 42.5 Å². The van der Waals surface area contributed by atoms with Crippen LogP contribution in [0.25, 0.3) is 0 Å². The van der Waals surface area contributed by atoms with Crippen molar-refractivity contribution in [2.24, 2.45) is 0 Å². The summed E-state index contributed by atoms with van der Waals surface area (Å²) < 4.78 is 10.7. The first kappa shape index (κ1) is 15.6. The zero-order valence-electron chi connectivity index (χ0n) is 13.8. The van der Waals surface area contributed by atoms with Crippen LogP contribution in [-0.2, 0) is 13.1 Å². The molecule has 0 unspecified atom stereocenters. The summed E-state index contributed by atoms with van der Waals surface area (Å²) in [5, 5.41) is 12.6. The molecule has 0 radical (unpaired) electrons. The monoisotopic (exact) mass is 340 g/mol. The van der Waals surface area contributed by atoms with E-state index in [2.05, 4.69) is 5.32 Å². The zero-order chi connectivity index (χ0) is 17.2. The quantitative estimate of drug-likeness (QED) is 0.878. The summed E-state index contributed by atoms with van der Waals surface area (Å²) in [5.41, 5.74) is 1.89. The molecule has 6 nitrogen and oxygen atoms in total. The van der Waals surface area contributed by atoms with Crippen molar-refractivity contribution in [3.05, 3.63) is 53.6 Å². The van der Waals surface area contributed by atoms with E-state index >= 15 is 0 Å². The second kappa shape index (κ2) is 6.55. The van der Waals surface area contributed by atoms with Crippen molar-refractivity contribution < 1.29 is 19.4 Å². The van der Waals surface area contributed by atoms with Gasteiger partial charge in [0.1, 0.15) is 5.75 Å². The topological polar surface area (TPSA) is 71.0 Å². The van der Waals surface area contributed by atoms with Gasteiger partial charge in [-0.3, -0.25) is 0 Å². The SMILES string of the molecule is O=C(NCc1ccc2c(c1)OCO2)N(Cc1cccc(O)c1)C1CC1. The molecular formula is C19H20N2O4. The molecule has 1 aliphatic heterocycles. The van der Waals surface area contributed by atoms with E-state index < -0.39 is 0 Å². The number of rotatable bonds is 5. The summed E-state index contributed by atoms with van der Waals surface area (Å²) in [5.74, 6) is 1.66. The van der Waals surface area contributed by atoms with E-state index in [-0.39, 0.29) is 24.6 Å². The Bertz CT molecular complexity index is 789. The Morgan fingerprint density at radius 2 is 1.96 bits per heavy atom. The Kier molecular flexibility index (Phi) is 4.09. The van der Waals surface area contributed by atoms with E-state index in [1.54, 1.807) is 18.2 Å². The van der Waals surface area contributed by atoms with Crippen molar-refractivity contribution in [2.75, 3.05) is 6.79 Å². The first-order chi connectivity index (χ1) is 12.2. The average Bonchev–Trinajstić information content (AvgIpc) is 3.34. The summed E-state index contributed by atoms with van der Waals surface area (Å²) in [6, 6.07) is 12.9. The molecule has 0 spiro atoms. The molecule has 0 bridgehead atoms. The lowest BCUT2D eigenvalue weighted by atomic mass is 10.2. The second-order valence-electron chi connectivity index (χ2n) is 6.38. The summed E-state index contributed by atoms with van der Waals surface area (Å²) in [6.07, 6.45) is 2.05. The van der Waals surface area contributed by atoms with Crippen molar-refractivity contribution in [3.8, 4) is 17.2 Å². The number of phenols is 1. The molecule has 4 rings (SSSR count). The van der Waals surface area contributed by atoms with Crippen LogP contribution in [0.4, 0.5) is 4.79 Å². The van der Waals surface area contributed by atoms with E-state index in [0.717, 1.165) is 29.7 Å². The van der Waals surface area contributed by atoms with Crippen LogP contribution in [-0.4, -0.2) is 28.9 Å². The minimum Gasteiger partial charge on any atom is -0.508 e. The zero-order valence-corrected chi connectivity index (χ0v) is 13.8. The minimum atomic E-state index is -0.0940. The average molecular weight is 340 g/mol. The third-order valence-electron chi connectivity index (χ3n) is 4.39. The van der Waals surface area contributed by atoms with Crippen molar-refractivity contribution in [1.29, 1.82) is 0 Å². The molecule has 1 aliphatic carbocycles. The number of benzene rings is 2. The van der Waals surface area contributed by atoms with Crippen LogP contribution < -0.4 is 14.8 Å². The lowest BCUT2D eigenvalue weighted by Gasteiger charge is -2.23. The number of phenolic OH excluding ortho intramolecular Hbond substituents is 1. The molecule has 2 aromatic rings. The van der Waals surface area contributed by atoms with Gasteiger partial charge in [0.15, 0.2) is 11.5 Å². The Labute approximate surface area is 146 Å². The van der Waals surface area contributed by atoms with Gasteiger partial charge in [0.05, 0.1) is 0 Å². The number of ether oxygens (including phenoxy) is 2. The first-order valence-corrected chi connectivity index (χ1v) is 8.40. The van der Waals surface area contributed by atoms with E-state index in [0.29, 0.717) is 18.8 Å². The highest BCUT2D eigenvalue weighted by atomic mass is 16.7. The number of carbonyl (C=O) groups excluding carboxylic acids is 1. The Balaban J connectivity index is 1.39. The normalized spacial score (nSPS) is 15.0. The predicted octanol–water partition coefficient (Wildman–Crippen LogP) is 3.00. The number of fused-ring (bicyclic) bond motifs is 1. The van der Waals surface area contributed by atoms with E-state index in [9.17, 15) is 9.90 Å². The third kappa shape index (κ3) is 3.63. The van der Waals surface area contributed by atoms with Crippen LogP contribution >= 0.6 is 0 Å². The van der Waals surface area contributed by atoms with Crippen LogP contribution in [0.5, 0.6) is 17.2 Å². The lowest BCUT2D eigenvalue weighted by molar-refractivity contribution is 0.174. The largest absolute Gasteiger partial charge is 0.508 e. The maximum absolute atomic E-state index is 12.6. The molecule has 1 heterocycles. The van der Waals surface area contributed by atoms with Crippen LogP contribution in [0.2, 0.25) is 0 Å². The highest BCUT2D eigenvalue weighted by Gasteiger charge is 2.32. The lowest BCUT2D eigenvalue weighted by Crippen LogP contribution is -2.40. The van der Waals surface area contributed by atoms with Crippen LogP contribution in [0.3, 0.4) is 0 Å². The molecule has 1 fully saturated rings. The summed E-state index contributed by atoms with van der Waals surface area (Å²) in [6.45, 7) is 1.16. The van der Waals surface area contributed by atoms with Gasteiger partial charge in [-0.2, -0.15) is 0 Å². The Hall–Kier alpha value is -2.89. The maximum atomic E-state index is 12.6. The molecule has 6 heteroatoms. The fourth-order valence-corrected chi connectivity index (χ4v) is 2.93. The summed E-state index contributed by atoms with van der Waals surface area (Å²) >= 11 is 0. The fraction of sp³-hybridized carbons (Fsp3) is 0.316. The molecule has 2 aromatic carbocycles. The third-order valence-corrected chi connectivity index (χ3v) is 4.39. The second-order valence-corrected chi connectivity index (χ2v) is 6.38. The van der Waals surface area contributed by atoms with Gasteiger partial charge in [0.2, 0.25) is 6.79 Å². The van der Waals surface area contributed by atoms with Gasteiger partial charge in [-0.15, -0.1) is 0 Å². The van der Waals surface area contributed by atoms with Gasteiger partial charge in [-0.05, 0) is 48.2 Å². The number of hydrogen-bond acceptors (Lipinski definition) is 4. The van der Waals surface area contributed by atoms with Crippen molar-refractivity contribution in [2.45, 2.75) is 32.0 Å². The molecule has 0 aromatic heterocycles. The molecule has 2 aliphatic rings. The Morgan fingerprint density at radius 1 is 1.12 bits per heavy atom. The number of urea groups is 1. The molecule has 0 atom stereocenters. The highest BCUT2D eigenvalue weighted by Crippen LogP contribution is 2.32. The standard InChI is InChI=1S/C19H20N2O4/c22-16-3-1-2-14(8-16)11-21(15-5-6-15)19(23)20-10-13-4-7-17-18(9-13)25-12-24-17/h1-4,7-9,15,22H,5-6,10-12H2,(H,20,23). The maximum Gasteiger partial charge on any atom is 0.318 e. The number of aromatic hydroxyl groups is 1. The number of nitrogens with zero attached hydrogens (tertiary/aromatic N) is 1. The first-order valence-electron chi connectivity index (χ1n) is 8.40. The molecule has 2 amide bonds.